The highest BCUT2D eigenvalue weighted by Crippen LogP contribution is 2.29. The van der Waals surface area contributed by atoms with Crippen LogP contribution in [0.15, 0.2) is 54.6 Å². The molecule has 0 aliphatic carbocycles. The third-order valence-electron chi connectivity index (χ3n) is 3.80. The Hall–Kier alpha value is -1.97. The van der Waals surface area contributed by atoms with Crippen molar-refractivity contribution in [2.24, 2.45) is 0 Å². The summed E-state index contributed by atoms with van der Waals surface area (Å²) in [6.07, 6.45) is 2.55. The van der Waals surface area contributed by atoms with Crippen LogP contribution in [0.25, 0.3) is 5.70 Å². The third-order valence-corrected chi connectivity index (χ3v) is 4.05. The van der Waals surface area contributed by atoms with Gasteiger partial charge in [0.25, 0.3) is 0 Å². The van der Waals surface area contributed by atoms with Crippen LogP contribution >= 0.6 is 24.0 Å². The summed E-state index contributed by atoms with van der Waals surface area (Å²) in [7, 11) is 0. The van der Waals surface area contributed by atoms with Gasteiger partial charge in [-0.05, 0) is 50.1 Å². The number of rotatable bonds is 2. The van der Waals surface area contributed by atoms with Gasteiger partial charge in [-0.25, -0.2) is 0 Å². The smallest absolute Gasteiger partial charge is 0.250 e. The maximum absolute atomic E-state index is 12.3. The molecule has 1 amide bonds. The van der Waals surface area contributed by atoms with Crippen molar-refractivity contribution in [1.29, 1.82) is 0 Å². The van der Waals surface area contributed by atoms with E-state index in [0.29, 0.717) is 5.02 Å². The minimum atomic E-state index is -0.165. The number of fused-ring (bicyclic) bond motifs is 1. The molecule has 0 unspecified atom stereocenters. The SMILES string of the molecule is CC1(C)Cc2ccccc2C(=CC(=O)Nc2ccc(Cl)cc2)N1.Cl. The Morgan fingerprint density at radius 1 is 1.17 bits per heavy atom. The molecule has 0 fully saturated rings. The maximum Gasteiger partial charge on any atom is 0.250 e. The molecule has 0 aromatic heterocycles. The minimum Gasteiger partial charge on any atom is -0.379 e. The summed E-state index contributed by atoms with van der Waals surface area (Å²) in [6.45, 7) is 4.27. The zero-order chi connectivity index (χ0) is 16.4. The fraction of sp³-hybridized carbons (Fsp3) is 0.211. The number of halogens is 2. The van der Waals surface area contributed by atoms with E-state index in [0.717, 1.165) is 23.4 Å². The topological polar surface area (TPSA) is 41.1 Å². The van der Waals surface area contributed by atoms with Gasteiger partial charge >= 0.3 is 0 Å². The Bertz CT molecular complexity index is 767. The summed E-state index contributed by atoms with van der Waals surface area (Å²) < 4.78 is 0. The van der Waals surface area contributed by atoms with Crippen LogP contribution < -0.4 is 10.6 Å². The van der Waals surface area contributed by atoms with Crippen molar-refractivity contribution in [3.05, 3.63) is 70.8 Å². The molecule has 0 saturated carbocycles. The first-order valence-electron chi connectivity index (χ1n) is 7.58. The molecule has 2 aromatic carbocycles. The second kappa shape index (κ2) is 7.29. The van der Waals surface area contributed by atoms with Crippen molar-refractivity contribution in [3.63, 3.8) is 0 Å². The summed E-state index contributed by atoms with van der Waals surface area (Å²) in [4.78, 5) is 12.3. The molecule has 1 aliphatic heterocycles. The molecule has 3 rings (SSSR count). The fourth-order valence-electron chi connectivity index (χ4n) is 2.85. The van der Waals surface area contributed by atoms with E-state index in [1.165, 1.54) is 5.56 Å². The van der Waals surface area contributed by atoms with E-state index >= 15 is 0 Å². The largest absolute Gasteiger partial charge is 0.379 e. The lowest BCUT2D eigenvalue weighted by Crippen LogP contribution is -2.44. The van der Waals surface area contributed by atoms with Gasteiger partial charge in [0, 0.05) is 33.6 Å². The summed E-state index contributed by atoms with van der Waals surface area (Å²) in [5, 5.41) is 6.96. The second-order valence-corrected chi connectivity index (χ2v) is 6.83. The average Bonchev–Trinajstić information content (AvgIpc) is 2.48. The highest BCUT2D eigenvalue weighted by molar-refractivity contribution is 6.30. The molecule has 1 aliphatic rings. The molecule has 24 heavy (non-hydrogen) atoms. The van der Waals surface area contributed by atoms with Crippen LogP contribution in [0.5, 0.6) is 0 Å². The Balaban J connectivity index is 0.00000208. The standard InChI is InChI=1S/C19H19ClN2O.ClH/c1-19(2)12-13-5-3-4-6-16(13)17(22-19)11-18(23)21-15-9-7-14(20)8-10-15;/h3-11,22H,12H2,1-2H3,(H,21,23);1H. The van der Waals surface area contributed by atoms with E-state index in [2.05, 4.69) is 30.5 Å². The summed E-state index contributed by atoms with van der Waals surface area (Å²) in [5.74, 6) is -0.165. The molecule has 0 spiro atoms. The zero-order valence-electron chi connectivity index (χ0n) is 13.6. The van der Waals surface area contributed by atoms with Crippen molar-refractivity contribution in [2.75, 3.05) is 5.32 Å². The molecule has 126 valence electrons. The van der Waals surface area contributed by atoms with Crippen molar-refractivity contribution < 1.29 is 4.79 Å². The van der Waals surface area contributed by atoms with Gasteiger partial charge in [-0.2, -0.15) is 0 Å². The summed E-state index contributed by atoms with van der Waals surface area (Å²) in [5.41, 5.74) is 3.82. The molecule has 0 saturated heterocycles. The molecule has 1 heterocycles. The monoisotopic (exact) mass is 362 g/mol. The number of hydrogen-bond donors (Lipinski definition) is 2. The number of carbonyl (C=O) groups is 1. The van der Waals surface area contributed by atoms with Gasteiger partial charge in [-0.3, -0.25) is 4.79 Å². The van der Waals surface area contributed by atoms with Crippen LogP contribution in [0.1, 0.15) is 25.0 Å². The van der Waals surface area contributed by atoms with Crippen LogP contribution in [-0.2, 0) is 11.2 Å². The first-order chi connectivity index (χ1) is 10.9. The normalized spacial score (nSPS) is 16.5. The van der Waals surface area contributed by atoms with Crippen molar-refractivity contribution in [2.45, 2.75) is 25.8 Å². The fourth-order valence-corrected chi connectivity index (χ4v) is 2.97. The second-order valence-electron chi connectivity index (χ2n) is 6.40. The van der Waals surface area contributed by atoms with Crippen LogP contribution in [0.2, 0.25) is 5.02 Å². The predicted molar refractivity (Wildman–Crippen MR) is 103 cm³/mol. The van der Waals surface area contributed by atoms with Gasteiger partial charge in [0.1, 0.15) is 0 Å². The molecule has 0 radical (unpaired) electrons. The molecule has 0 atom stereocenters. The van der Waals surface area contributed by atoms with Gasteiger partial charge < -0.3 is 10.6 Å². The van der Waals surface area contributed by atoms with Gasteiger partial charge in [-0.1, -0.05) is 35.9 Å². The van der Waals surface area contributed by atoms with E-state index in [1.807, 2.05) is 18.2 Å². The molecular weight excluding hydrogens is 343 g/mol. The summed E-state index contributed by atoms with van der Waals surface area (Å²) >= 11 is 5.86. The summed E-state index contributed by atoms with van der Waals surface area (Å²) in [6, 6.07) is 15.2. The first kappa shape index (κ1) is 18.4. The van der Waals surface area contributed by atoms with Crippen molar-refractivity contribution in [3.8, 4) is 0 Å². The Labute approximate surface area is 153 Å². The number of anilines is 1. The lowest BCUT2D eigenvalue weighted by atomic mass is 9.86. The molecule has 2 N–H and O–H groups in total. The molecular formula is C19H20Cl2N2O. The lowest BCUT2D eigenvalue weighted by molar-refractivity contribution is -0.111. The minimum absolute atomic E-state index is 0. The van der Waals surface area contributed by atoms with E-state index < -0.39 is 0 Å². The maximum atomic E-state index is 12.3. The van der Waals surface area contributed by atoms with Gasteiger partial charge in [0.15, 0.2) is 0 Å². The highest BCUT2D eigenvalue weighted by Gasteiger charge is 2.27. The number of carbonyl (C=O) groups excluding carboxylic acids is 1. The van der Waals surface area contributed by atoms with E-state index in [9.17, 15) is 4.79 Å². The highest BCUT2D eigenvalue weighted by atomic mass is 35.5. The van der Waals surface area contributed by atoms with E-state index in [4.69, 9.17) is 11.6 Å². The Kier molecular flexibility index (Phi) is 5.58. The molecule has 2 aromatic rings. The lowest BCUT2D eigenvalue weighted by Gasteiger charge is -2.35. The first-order valence-corrected chi connectivity index (χ1v) is 7.95. The number of hydrogen-bond acceptors (Lipinski definition) is 2. The van der Waals surface area contributed by atoms with Gasteiger partial charge in [0.2, 0.25) is 5.91 Å². The van der Waals surface area contributed by atoms with Crippen LogP contribution in [0, 0.1) is 0 Å². The Morgan fingerprint density at radius 2 is 1.83 bits per heavy atom. The molecule has 0 bridgehead atoms. The van der Waals surface area contributed by atoms with Crippen LogP contribution in [0.4, 0.5) is 5.69 Å². The third kappa shape index (κ3) is 4.31. The zero-order valence-corrected chi connectivity index (χ0v) is 15.2. The number of benzene rings is 2. The van der Waals surface area contributed by atoms with Crippen LogP contribution in [-0.4, -0.2) is 11.4 Å². The molecule has 5 heteroatoms. The number of nitrogens with one attached hydrogen (secondary N) is 2. The van der Waals surface area contributed by atoms with E-state index in [-0.39, 0.29) is 23.9 Å². The van der Waals surface area contributed by atoms with Crippen LogP contribution in [0.3, 0.4) is 0 Å². The molecule has 3 nitrogen and oxygen atoms in total. The number of amides is 1. The van der Waals surface area contributed by atoms with Crippen molar-refractivity contribution >= 4 is 41.3 Å². The average molecular weight is 363 g/mol. The van der Waals surface area contributed by atoms with E-state index in [1.54, 1.807) is 30.3 Å². The Morgan fingerprint density at radius 3 is 2.54 bits per heavy atom. The van der Waals surface area contributed by atoms with Gasteiger partial charge in [-0.15, -0.1) is 12.4 Å². The van der Waals surface area contributed by atoms with Gasteiger partial charge in [0.05, 0.1) is 0 Å². The quantitative estimate of drug-likeness (QED) is 0.762. The van der Waals surface area contributed by atoms with Crippen molar-refractivity contribution in [1.82, 2.24) is 5.32 Å². The predicted octanol–water partition coefficient (Wildman–Crippen LogP) is 4.67.